The Morgan fingerprint density at radius 2 is 0.543 bits per heavy atom. The molecule has 0 aromatic rings. The number of carbonyl (C=O) groups is 2. The van der Waals surface area contributed by atoms with Crippen molar-refractivity contribution < 1.29 is 40.2 Å². The van der Waals surface area contributed by atoms with Crippen molar-refractivity contribution in [2.75, 3.05) is 0 Å². The van der Waals surface area contributed by atoms with Gasteiger partial charge in [-0.3, -0.25) is 9.59 Å². The Kier molecular flexibility index (Phi) is 30.8. The molecule has 6 atom stereocenters. The molecule has 0 aromatic heterocycles. The molecule has 0 saturated carbocycles. The van der Waals surface area contributed by atoms with Gasteiger partial charge in [0.15, 0.2) is 0 Å². The molecule has 0 saturated heterocycles. The second-order valence-electron chi connectivity index (χ2n) is 13.8. The Labute approximate surface area is 281 Å². The van der Waals surface area contributed by atoms with Gasteiger partial charge in [-0.2, -0.15) is 0 Å². The van der Waals surface area contributed by atoms with Crippen molar-refractivity contribution in [2.24, 2.45) is 0 Å². The summed E-state index contributed by atoms with van der Waals surface area (Å²) in [7, 11) is 0. The van der Waals surface area contributed by atoms with Gasteiger partial charge >= 0.3 is 0 Å². The molecule has 0 aromatic carbocycles. The van der Waals surface area contributed by atoms with Crippen LogP contribution >= 0.6 is 0 Å². The van der Waals surface area contributed by atoms with E-state index in [-0.39, 0.29) is 12.8 Å². The fourth-order valence-electron chi connectivity index (χ4n) is 6.11. The zero-order chi connectivity index (χ0) is 34.4. The van der Waals surface area contributed by atoms with Crippen molar-refractivity contribution in [3.63, 3.8) is 0 Å². The van der Waals surface area contributed by atoms with Crippen LogP contribution in [-0.4, -0.2) is 78.8 Å². The van der Waals surface area contributed by atoms with E-state index < -0.39 is 48.2 Å². The average molecular weight is 659 g/mol. The van der Waals surface area contributed by atoms with Crippen LogP contribution in [0, 0.1) is 0 Å². The van der Waals surface area contributed by atoms with Crippen LogP contribution in [-0.2, 0) is 9.59 Å². The van der Waals surface area contributed by atoms with Gasteiger partial charge in [0.1, 0.15) is 24.4 Å². The molecule has 0 radical (unpaired) electrons. The molecule has 4 unspecified atom stereocenters. The molecule has 0 aliphatic heterocycles. The van der Waals surface area contributed by atoms with Gasteiger partial charge < -0.3 is 30.6 Å². The van der Waals surface area contributed by atoms with Crippen molar-refractivity contribution in [3.05, 3.63) is 0 Å². The van der Waals surface area contributed by atoms with Gasteiger partial charge in [-0.25, -0.2) is 0 Å². The summed E-state index contributed by atoms with van der Waals surface area (Å²) in [5, 5.41) is 61.4. The lowest BCUT2D eigenvalue weighted by Crippen LogP contribution is -2.51. The van der Waals surface area contributed by atoms with Crippen LogP contribution in [0.2, 0.25) is 0 Å². The lowest BCUT2D eigenvalue weighted by atomic mass is 9.92. The minimum atomic E-state index is -2.22. The van der Waals surface area contributed by atoms with E-state index in [0.29, 0.717) is 12.8 Å². The van der Waals surface area contributed by atoms with E-state index in [0.717, 1.165) is 38.5 Å². The SMILES string of the molecule is CCCCCCCCCCCCCCCC(O)C(O)[C@@H](O)C(=O)C(=O)[C@H](O)C(O)C(O)CCCCCCCCCCCCCCC. The van der Waals surface area contributed by atoms with Crippen LogP contribution in [0.3, 0.4) is 0 Å². The predicted molar refractivity (Wildman–Crippen MR) is 187 cm³/mol. The number of Topliss-reactive ketones (excluding diaryl/α,β-unsaturated/α-hetero) is 2. The minimum Gasteiger partial charge on any atom is -0.390 e. The van der Waals surface area contributed by atoms with Crippen molar-refractivity contribution in [1.29, 1.82) is 0 Å². The highest BCUT2D eigenvalue weighted by molar-refractivity contribution is 6.40. The predicted octanol–water partition coefficient (Wildman–Crippen LogP) is 7.25. The molecule has 8 nitrogen and oxygen atoms in total. The Balaban J connectivity index is 4.05. The van der Waals surface area contributed by atoms with E-state index in [2.05, 4.69) is 13.8 Å². The maximum Gasteiger partial charge on any atom is 0.232 e. The van der Waals surface area contributed by atoms with E-state index >= 15 is 0 Å². The Hall–Kier alpha value is -0.900. The maximum absolute atomic E-state index is 12.4. The zero-order valence-corrected chi connectivity index (χ0v) is 29.8. The zero-order valence-electron chi connectivity index (χ0n) is 29.8. The van der Waals surface area contributed by atoms with Gasteiger partial charge in [0.25, 0.3) is 0 Å². The van der Waals surface area contributed by atoms with Crippen molar-refractivity contribution in [2.45, 2.75) is 230 Å². The average Bonchev–Trinajstić information content (AvgIpc) is 3.06. The first-order valence-corrected chi connectivity index (χ1v) is 19.3. The Morgan fingerprint density at radius 3 is 0.761 bits per heavy atom. The van der Waals surface area contributed by atoms with Gasteiger partial charge in [-0.15, -0.1) is 0 Å². The number of rotatable bonds is 35. The number of unbranched alkanes of at least 4 members (excludes halogenated alkanes) is 24. The summed E-state index contributed by atoms with van der Waals surface area (Å²) in [5.41, 5.74) is 0. The number of ketones is 2. The monoisotopic (exact) mass is 659 g/mol. The number of carbonyl (C=O) groups excluding carboxylic acids is 2. The lowest BCUT2D eigenvalue weighted by Gasteiger charge is -2.25. The summed E-state index contributed by atoms with van der Waals surface area (Å²) in [5.74, 6) is -2.98. The van der Waals surface area contributed by atoms with Gasteiger partial charge in [0, 0.05) is 0 Å². The largest absolute Gasteiger partial charge is 0.390 e. The lowest BCUT2D eigenvalue weighted by molar-refractivity contribution is -0.158. The molecule has 0 heterocycles. The van der Waals surface area contributed by atoms with Crippen molar-refractivity contribution in [1.82, 2.24) is 0 Å². The highest BCUT2D eigenvalue weighted by Gasteiger charge is 2.40. The van der Waals surface area contributed by atoms with Crippen LogP contribution in [0.5, 0.6) is 0 Å². The highest BCUT2D eigenvalue weighted by atomic mass is 16.4. The highest BCUT2D eigenvalue weighted by Crippen LogP contribution is 2.18. The molecule has 0 amide bonds. The van der Waals surface area contributed by atoms with Gasteiger partial charge in [0.05, 0.1) is 12.2 Å². The van der Waals surface area contributed by atoms with Gasteiger partial charge in [0.2, 0.25) is 11.6 Å². The van der Waals surface area contributed by atoms with E-state index in [1.807, 2.05) is 0 Å². The Morgan fingerprint density at radius 1 is 0.348 bits per heavy atom. The molecule has 0 rings (SSSR count). The molecule has 0 fully saturated rings. The third-order valence-electron chi connectivity index (χ3n) is 9.42. The molecular weight excluding hydrogens is 584 g/mol. The number of hydrogen-bond acceptors (Lipinski definition) is 8. The van der Waals surface area contributed by atoms with Crippen LogP contribution < -0.4 is 0 Å². The fourth-order valence-corrected chi connectivity index (χ4v) is 6.11. The molecule has 0 bridgehead atoms. The maximum atomic E-state index is 12.4. The standard InChI is InChI=1S/C38H74O8/c1-3-5-7-9-11-13-15-17-19-21-23-25-27-29-31(39)33(41)35(43)37(45)38(46)36(44)34(42)32(40)30-28-26-24-22-20-18-16-14-12-10-8-6-4-2/h31-36,39-44H,3-30H2,1-2H3/t31?,32?,33?,34?,35-,36-/m1/s1. The molecule has 0 aliphatic carbocycles. The van der Waals surface area contributed by atoms with E-state index in [1.165, 1.54) is 116 Å². The van der Waals surface area contributed by atoms with Gasteiger partial charge in [-0.05, 0) is 12.8 Å². The second-order valence-corrected chi connectivity index (χ2v) is 13.8. The third-order valence-corrected chi connectivity index (χ3v) is 9.42. The van der Waals surface area contributed by atoms with E-state index in [4.69, 9.17) is 0 Å². The second kappa shape index (κ2) is 31.4. The first-order chi connectivity index (χ1) is 22.2. The summed E-state index contributed by atoms with van der Waals surface area (Å²) < 4.78 is 0. The molecule has 0 spiro atoms. The summed E-state index contributed by atoms with van der Waals surface area (Å²) >= 11 is 0. The van der Waals surface area contributed by atoms with E-state index in [9.17, 15) is 40.2 Å². The van der Waals surface area contributed by atoms with E-state index in [1.54, 1.807) is 0 Å². The first-order valence-electron chi connectivity index (χ1n) is 19.3. The molecule has 46 heavy (non-hydrogen) atoms. The molecule has 6 N–H and O–H groups in total. The normalized spacial score (nSPS) is 15.7. The fraction of sp³-hybridized carbons (Fsp3) is 0.947. The van der Waals surface area contributed by atoms with Crippen molar-refractivity contribution >= 4 is 11.6 Å². The number of aliphatic hydroxyl groups excluding tert-OH is 6. The topological polar surface area (TPSA) is 156 Å². The molecule has 0 aliphatic rings. The number of hydrogen-bond donors (Lipinski definition) is 6. The summed E-state index contributed by atoms with van der Waals surface area (Å²) in [6.07, 6.45) is 19.6. The quantitative estimate of drug-likeness (QED) is 0.0307. The van der Waals surface area contributed by atoms with Crippen LogP contribution in [0.4, 0.5) is 0 Å². The smallest absolute Gasteiger partial charge is 0.232 e. The summed E-state index contributed by atoms with van der Waals surface area (Å²) in [4.78, 5) is 24.8. The molecular formula is C38H74O8. The number of aliphatic hydroxyl groups is 6. The minimum absolute atomic E-state index is 0.167. The third kappa shape index (κ3) is 23.4. The molecule has 8 heteroatoms. The van der Waals surface area contributed by atoms with Crippen LogP contribution in [0.25, 0.3) is 0 Å². The molecule has 274 valence electrons. The van der Waals surface area contributed by atoms with Gasteiger partial charge in [-0.1, -0.05) is 181 Å². The first kappa shape index (κ1) is 45.1. The Bertz CT molecular complexity index is 644. The van der Waals surface area contributed by atoms with Crippen molar-refractivity contribution in [3.8, 4) is 0 Å². The van der Waals surface area contributed by atoms with Crippen LogP contribution in [0.1, 0.15) is 194 Å². The van der Waals surface area contributed by atoms with Crippen LogP contribution in [0.15, 0.2) is 0 Å². The summed E-state index contributed by atoms with van der Waals surface area (Å²) in [6, 6.07) is 0. The summed E-state index contributed by atoms with van der Waals surface area (Å²) in [6.45, 7) is 4.45.